The van der Waals surface area contributed by atoms with Crippen LogP contribution in [0.2, 0.25) is 0 Å². The Hall–Kier alpha value is -2.58. The molecule has 1 unspecified atom stereocenters. The second kappa shape index (κ2) is 5.08. The molecule has 1 aromatic heterocycles. The van der Waals surface area contributed by atoms with E-state index in [1.165, 1.54) is 20.2 Å². The molecule has 1 aliphatic rings. The van der Waals surface area contributed by atoms with Crippen LogP contribution in [0.5, 0.6) is 0 Å². The van der Waals surface area contributed by atoms with Gasteiger partial charge in [0.15, 0.2) is 0 Å². The highest BCUT2D eigenvalue weighted by Gasteiger charge is 2.38. The number of rotatable bonds is 3. The number of imidazole rings is 1. The molecule has 0 bridgehead atoms. The minimum atomic E-state index is -1.27. The van der Waals surface area contributed by atoms with Crippen LogP contribution in [-0.2, 0) is 22.6 Å². The number of aromatic nitrogens is 2. The molecule has 5 N–H and O–H groups in total. The van der Waals surface area contributed by atoms with Gasteiger partial charge < -0.3 is 26.0 Å². The van der Waals surface area contributed by atoms with E-state index < -0.39 is 29.5 Å². The topological polar surface area (TPSA) is 141 Å². The Morgan fingerprint density at radius 2 is 2.19 bits per heavy atom. The summed E-state index contributed by atoms with van der Waals surface area (Å²) in [6, 6.07) is -1.70. The quantitative estimate of drug-likeness (QED) is 0.577. The van der Waals surface area contributed by atoms with E-state index in [1.807, 2.05) is 0 Å². The van der Waals surface area contributed by atoms with Gasteiger partial charge in [0.25, 0.3) is 0 Å². The average molecular weight is 295 g/mol. The van der Waals surface area contributed by atoms with Crippen LogP contribution in [0.4, 0.5) is 4.79 Å². The summed E-state index contributed by atoms with van der Waals surface area (Å²) in [5.74, 6) is -1.84. The van der Waals surface area contributed by atoms with Gasteiger partial charge in [-0.1, -0.05) is 0 Å². The molecule has 1 atom stereocenters. The summed E-state index contributed by atoms with van der Waals surface area (Å²) in [7, 11) is 0. The number of carboxylic acids is 1. The molecule has 2 rings (SSSR count). The minimum absolute atomic E-state index is 0.0764. The summed E-state index contributed by atoms with van der Waals surface area (Å²) in [5, 5.41) is 11.7. The van der Waals surface area contributed by atoms with E-state index in [1.54, 1.807) is 0 Å². The highest BCUT2D eigenvalue weighted by Crippen LogP contribution is 2.21. The smallest absolute Gasteiger partial charge is 0.326 e. The van der Waals surface area contributed by atoms with E-state index in [0.29, 0.717) is 11.4 Å². The van der Waals surface area contributed by atoms with Gasteiger partial charge in [0, 0.05) is 6.42 Å². The monoisotopic (exact) mass is 295 g/mol. The summed E-state index contributed by atoms with van der Waals surface area (Å²) in [4.78, 5) is 42.9. The normalized spacial score (nSPS) is 18.0. The van der Waals surface area contributed by atoms with Crippen LogP contribution in [0.1, 0.15) is 25.2 Å². The number of aliphatic carboxylic acids is 1. The molecule has 9 nitrogen and oxygen atoms in total. The lowest BCUT2D eigenvalue weighted by Gasteiger charge is -2.34. The van der Waals surface area contributed by atoms with Gasteiger partial charge in [0.2, 0.25) is 5.91 Å². The second-order valence-electron chi connectivity index (χ2n) is 5.43. The molecule has 2 heterocycles. The molecule has 1 aromatic rings. The first-order valence-corrected chi connectivity index (χ1v) is 6.35. The van der Waals surface area contributed by atoms with Gasteiger partial charge in [-0.25, -0.2) is 14.6 Å². The zero-order chi connectivity index (χ0) is 15.8. The van der Waals surface area contributed by atoms with Crippen molar-refractivity contribution in [3.05, 3.63) is 17.7 Å². The van der Waals surface area contributed by atoms with E-state index in [2.05, 4.69) is 15.3 Å². The van der Waals surface area contributed by atoms with Gasteiger partial charge in [0.05, 0.1) is 24.3 Å². The molecule has 9 heteroatoms. The van der Waals surface area contributed by atoms with Gasteiger partial charge >= 0.3 is 12.0 Å². The number of carbonyl (C=O) groups excluding carboxylic acids is 2. The number of H-pyrrole nitrogens is 1. The number of amides is 3. The first kappa shape index (κ1) is 14.8. The highest BCUT2D eigenvalue weighted by molar-refractivity contribution is 5.90. The Bertz CT molecular complexity index is 594. The van der Waals surface area contributed by atoms with Crippen molar-refractivity contribution >= 4 is 17.9 Å². The van der Waals surface area contributed by atoms with Crippen LogP contribution in [0.15, 0.2) is 6.33 Å². The number of aromatic amines is 1. The Morgan fingerprint density at radius 3 is 2.76 bits per heavy atom. The molecular formula is C12H17N5O4. The van der Waals surface area contributed by atoms with Crippen LogP contribution in [0.3, 0.4) is 0 Å². The fraction of sp³-hybridized carbons (Fsp3) is 0.500. The number of primary amides is 1. The number of urea groups is 1. The summed E-state index contributed by atoms with van der Waals surface area (Å²) < 4.78 is 0. The number of hydrogen-bond acceptors (Lipinski definition) is 4. The van der Waals surface area contributed by atoms with Gasteiger partial charge in [-0.3, -0.25) is 4.79 Å². The van der Waals surface area contributed by atoms with Crippen LogP contribution in [-0.4, -0.2) is 49.5 Å². The van der Waals surface area contributed by atoms with Crippen molar-refractivity contribution in [2.75, 3.05) is 0 Å². The van der Waals surface area contributed by atoms with Gasteiger partial charge in [-0.05, 0) is 13.8 Å². The second-order valence-corrected chi connectivity index (χ2v) is 5.43. The first-order chi connectivity index (χ1) is 9.72. The van der Waals surface area contributed by atoms with Crippen molar-refractivity contribution < 1.29 is 19.5 Å². The Labute approximate surface area is 120 Å². The minimum Gasteiger partial charge on any atom is -0.480 e. The van der Waals surface area contributed by atoms with E-state index in [-0.39, 0.29) is 13.0 Å². The van der Waals surface area contributed by atoms with E-state index in [9.17, 15) is 19.5 Å². The van der Waals surface area contributed by atoms with Crippen LogP contribution in [0, 0.1) is 0 Å². The number of carbonyl (C=O) groups is 3. The molecule has 0 saturated carbocycles. The molecule has 0 aromatic carbocycles. The van der Waals surface area contributed by atoms with Gasteiger partial charge in [0.1, 0.15) is 11.6 Å². The summed E-state index contributed by atoms with van der Waals surface area (Å²) >= 11 is 0. The zero-order valence-corrected chi connectivity index (χ0v) is 11.7. The van der Waals surface area contributed by atoms with Gasteiger partial charge in [-0.2, -0.15) is 0 Å². The maximum absolute atomic E-state index is 12.3. The third-order valence-corrected chi connectivity index (χ3v) is 3.48. The number of hydrogen-bond donors (Lipinski definition) is 4. The SMILES string of the molecule is CC(C)(NC(=O)N1Cc2[nH]cnc2CC1C(=O)O)C(N)=O. The van der Waals surface area contributed by atoms with Crippen LogP contribution >= 0.6 is 0 Å². The zero-order valence-electron chi connectivity index (χ0n) is 11.7. The van der Waals surface area contributed by atoms with E-state index >= 15 is 0 Å². The van der Waals surface area contributed by atoms with E-state index in [0.717, 1.165) is 4.90 Å². The fourth-order valence-corrected chi connectivity index (χ4v) is 2.07. The van der Waals surface area contributed by atoms with Crippen molar-refractivity contribution in [1.82, 2.24) is 20.2 Å². The third kappa shape index (κ3) is 2.81. The van der Waals surface area contributed by atoms with Crippen molar-refractivity contribution in [1.29, 1.82) is 0 Å². The lowest BCUT2D eigenvalue weighted by molar-refractivity contribution is -0.142. The maximum atomic E-state index is 12.3. The molecule has 0 saturated heterocycles. The molecule has 0 radical (unpaired) electrons. The van der Waals surface area contributed by atoms with Crippen molar-refractivity contribution in [2.45, 2.75) is 38.4 Å². The molecule has 21 heavy (non-hydrogen) atoms. The summed E-state index contributed by atoms with van der Waals surface area (Å²) in [6.07, 6.45) is 1.57. The Balaban J connectivity index is 2.22. The molecule has 3 amide bonds. The van der Waals surface area contributed by atoms with Crippen LogP contribution < -0.4 is 11.1 Å². The average Bonchev–Trinajstić information content (AvgIpc) is 2.83. The van der Waals surface area contributed by atoms with Crippen molar-refractivity contribution in [3.63, 3.8) is 0 Å². The van der Waals surface area contributed by atoms with E-state index in [4.69, 9.17) is 5.73 Å². The number of nitrogens with two attached hydrogens (primary N) is 1. The molecular weight excluding hydrogens is 278 g/mol. The predicted octanol–water partition coefficient (Wildman–Crippen LogP) is -0.805. The lowest BCUT2D eigenvalue weighted by Crippen LogP contribution is -2.60. The number of nitrogens with zero attached hydrogens (tertiary/aromatic N) is 2. The highest BCUT2D eigenvalue weighted by atomic mass is 16.4. The Morgan fingerprint density at radius 1 is 1.52 bits per heavy atom. The largest absolute Gasteiger partial charge is 0.480 e. The molecule has 114 valence electrons. The number of carboxylic acid groups (broad SMARTS) is 1. The Kier molecular flexibility index (Phi) is 3.58. The van der Waals surface area contributed by atoms with Crippen molar-refractivity contribution in [2.24, 2.45) is 5.73 Å². The summed E-state index contributed by atoms with van der Waals surface area (Å²) in [6.45, 7) is 2.98. The predicted molar refractivity (Wildman–Crippen MR) is 71.1 cm³/mol. The van der Waals surface area contributed by atoms with Gasteiger partial charge in [-0.15, -0.1) is 0 Å². The molecule has 1 aliphatic heterocycles. The number of fused-ring (bicyclic) bond motifs is 1. The maximum Gasteiger partial charge on any atom is 0.326 e. The first-order valence-electron chi connectivity index (χ1n) is 6.35. The lowest BCUT2D eigenvalue weighted by atomic mass is 10.0. The molecule has 0 spiro atoms. The van der Waals surface area contributed by atoms with Crippen molar-refractivity contribution in [3.8, 4) is 0 Å². The standard InChI is InChI=1S/C12H17N5O4/c1-12(2,10(13)20)16-11(21)17-4-7-6(14-5-15-7)3-8(17)9(18)19/h5,8H,3-4H2,1-2H3,(H2,13,20)(H,14,15)(H,16,21)(H,18,19). The fourth-order valence-electron chi connectivity index (χ4n) is 2.07. The summed E-state index contributed by atoms with van der Waals surface area (Å²) in [5.41, 5.74) is 5.23. The van der Waals surface area contributed by atoms with Crippen LogP contribution in [0.25, 0.3) is 0 Å². The molecule has 0 aliphatic carbocycles. The third-order valence-electron chi connectivity index (χ3n) is 3.48. The molecule has 0 fully saturated rings. The number of nitrogens with one attached hydrogen (secondary N) is 2.